The molecule has 0 saturated carbocycles. The second kappa shape index (κ2) is 4.48. The quantitative estimate of drug-likeness (QED) is 0.777. The Morgan fingerprint density at radius 1 is 1.41 bits per heavy atom. The average molecular weight is 267 g/mol. The van der Waals surface area contributed by atoms with Gasteiger partial charge < -0.3 is 9.47 Å². The number of ether oxygens (including phenoxy) is 2. The molecule has 17 heavy (non-hydrogen) atoms. The monoisotopic (exact) mass is 266 g/mol. The molecule has 1 aromatic rings. The summed E-state index contributed by atoms with van der Waals surface area (Å²) >= 11 is 5.80. The van der Waals surface area contributed by atoms with E-state index in [1.807, 2.05) is 6.92 Å². The highest BCUT2D eigenvalue weighted by molar-refractivity contribution is 6.31. The minimum Gasteiger partial charge on any atom is -0.350 e. The van der Waals surface area contributed by atoms with E-state index in [0.717, 1.165) is 12.1 Å². The standard InChI is InChI=1S/C11H10ClF3O2/c1-2-16-10-9(17-10)7-4-3-6(5-8(7)12)11(13,14)15/h3-5,9-10H,2H2,1H3. The van der Waals surface area contributed by atoms with Crippen LogP contribution < -0.4 is 0 Å². The molecule has 1 fully saturated rings. The maximum absolute atomic E-state index is 12.4. The molecule has 0 spiro atoms. The van der Waals surface area contributed by atoms with E-state index in [1.54, 1.807) is 0 Å². The number of hydrogen-bond acceptors (Lipinski definition) is 2. The molecule has 0 bridgehead atoms. The van der Waals surface area contributed by atoms with Crippen LogP contribution in [-0.2, 0) is 15.7 Å². The van der Waals surface area contributed by atoms with Crippen molar-refractivity contribution in [1.82, 2.24) is 0 Å². The molecule has 1 aliphatic heterocycles. The van der Waals surface area contributed by atoms with E-state index < -0.39 is 18.0 Å². The van der Waals surface area contributed by atoms with Gasteiger partial charge in [0, 0.05) is 17.2 Å². The van der Waals surface area contributed by atoms with Gasteiger partial charge in [0.15, 0.2) is 6.29 Å². The third kappa shape index (κ3) is 2.73. The fraction of sp³-hybridized carbons (Fsp3) is 0.455. The van der Waals surface area contributed by atoms with Crippen molar-refractivity contribution in [3.05, 3.63) is 34.3 Å². The van der Waals surface area contributed by atoms with Gasteiger partial charge >= 0.3 is 6.18 Å². The maximum atomic E-state index is 12.4. The van der Waals surface area contributed by atoms with Gasteiger partial charge in [0.05, 0.1) is 5.56 Å². The van der Waals surface area contributed by atoms with Crippen LogP contribution in [0.3, 0.4) is 0 Å². The third-order valence-corrected chi connectivity index (χ3v) is 2.74. The predicted octanol–water partition coefficient (Wildman–Crippen LogP) is 3.79. The first-order valence-corrected chi connectivity index (χ1v) is 5.45. The van der Waals surface area contributed by atoms with E-state index in [1.165, 1.54) is 6.07 Å². The van der Waals surface area contributed by atoms with E-state index in [-0.39, 0.29) is 11.1 Å². The van der Waals surface area contributed by atoms with Gasteiger partial charge in [0.25, 0.3) is 0 Å². The van der Waals surface area contributed by atoms with E-state index in [9.17, 15) is 13.2 Å². The first kappa shape index (κ1) is 12.7. The highest BCUT2D eigenvalue weighted by Crippen LogP contribution is 2.43. The number of alkyl halides is 3. The Balaban J connectivity index is 2.17. The predicted molar refractivity (Wildman–Crippen MR) is 55.7 cm³/mol. The Kier molecular flexibility index (Phi) is 3.34. The van der Waals surface area contributed by atoms with E-state index >= 15 is 0 Å². The zero-order chi connectivity index (χ0) is 12.6. The Bertz CT molecular complexity index is 420. The first-order valence-electron chi connectivity index (χ1n) is 5.07. The van der Waals surface area contributed by atoms with Gasteiger partial charge in [-0.3, -0.25) is 0 Å². The number of benzene rings is 1. The van der Waals surface area contributed by atoms with Crippen LogP contribution in [0.2, 0.25) is 5.02 Å². The zero-order valence-electron chi connectivity index (χ0n) is 8.92. The average Bonchev–Trinajstić information content (AvgIpc) is 2.96. The molecule has 6 heteroatoms. The number of epoxide rings is 1. The Hall–Kier alpha value is -0.780. The van der Waals surface area contributed by atoms with Gasteiger partial charge in [-0.25, -0.2) is 0 Å². The minimum absolute atomic E-state index is 0.0482. The van der Waals surface area contributed by atoms with Crippen LogP contribution in [0.1, 0.15) is 24.2 Å². The Labute approximate surface area is 101 Å². The molecule has 2 atom stereocenters. The van der Waals surface area contributed by atoms with Gasteiger partial charge in [0.2, 0.25) is 0 Å². The normalized spacial score (nSPS) is 23.8. The molecule has 0 aliphatic carbocycles. The lowest BCUT2D eigenvalue weighted by molar-refractivity contribution is -0.137. The van der Waals surface area contributed by atoms with Gasteiger partial charge in [-0.2, -0.15) is 13.2 Å². The van der Waals surface area contributed by atoms with Crippen molar-refractivity contribution in [2.45, 2.75) is 25.5 Å². The first-order chi connectivity index (χ1) is 7.93. The maximum Gasteiger partial charge on any atom is 0.416 e. The van der Waals surface area contributed by atoms with E-state index in [2.05, 4.69) is 0 Å². The topological polar surface area (TPSA) is 21.8 Å². The summed E-state index contributed by atoms with van der Waals surface area (Å²) in [7, 11) is 0. The van der Waals surface area contributed by atoms with Gasteiger partial charge in [0.1, 0.15) is 6.10 Å². The SMILES string of the molecule is CCOC1OC1c1ccc(C(F)(F)F)cc1Cl. The molecular weight excluding hydrogens is 257 g/mol. The molecule has 2 unspecified atom stereocenters. The second-order valence-electron chi connectivity index (χ2n) is 3.61. The summed E-state index contributed by atoms with van der Waals surface area (Å²) in [5.74, 6) is 0. The van der Waals surface area contributed by atoms with Crippen molar-refractivity contribution < 1.29 is 22.6 Å². The molecule has 1 aliphatic rings. The van der Waals surface area contributed by atoms with Crippen molar-refractivity contribution in [3.63, 3.8) is 0 Å². The van der Waals surface area contributed by atoms with Crippen LogP contribution in [0, 0.1) is 0 Å². The van der Waals surface area contributed by atoms with Crippen LogP contribution in [0.15, 0.2) is 18.2 Å². The Morgan fingerprint density at radius 2 is 2.12 bits per heavy atom. The largest absolute Gasteiger partial charge is 0.416 e. The highest BCUT2D eigenvalue weighted by Gasteiger charge is 2.43. The van der Waals surface area contributed by atoms with Crippen LogP contribution in [-0.4, -0.2) is 12.9 Å². The number of hydrogen-bond donors (Lipinski definition) is 0. The molecule has 94 valence electrons. The van der Waals surface area contributed by atoms with Crippen LogP contribution in [0.25, 0.3) is 0 Å². The molecule has 0 aromatic heterocycles. The summed E-state index contributed by atoms with van der Waals surface area (Å²) < 4.78 is 47.5. The summed E-state index contributed by atoms with van der Waals surface area (Å²) in [5, 5.41) is 0.0482. The number of rotatable bonds is 3. The molecule has 1 aromatic carbocycles. The fourth-order valence-electron chi connectivity index (χ4n) is 1.54. The Morgan fingerprint density at radius 3 is 2.65 bits per heavy atom. The van der Waals surface area contributed by atoms with Crippen LogP contribution in [0.4, 0.5) is 13.2 Å². The van der Waals surface area contributed by atoms with E-state index in [4.69, 9.17) is 21.1 Å². The fourth-order valence-corrected chi connectivity index (χ4v) is 1.83. The molecule has 0 amide bonds. The van der Waals surface area contributed by atoms with Crippen LogP contribution >= 0.6 is 11.6 Å². The second-order valence-corrected chi connectivity index (χ2v) is 4.02. The summed E-state index contributed by atoms with van der Waals surface area (Å²) in [5.41, 5.74) is -0.238. The summed E-state index contributed by atoms with van der Waals surface area (Å²) in [6, 6.07) is 3.22. The lowest BCUT2D eigenvalue weighted by Gasteiger charge is -2.08. The smallest absolute Gasteiger partial charge is 0.350 e. The lowest BCUT2D eigenvalue weighted by Crippen LogP contribution is -2.05. The molecule has 0 N–H and O–H groups in total. The highest BCUT2D eigenvalue weighted by atomic mass is 35.5. The van der Waals surface area contributed by atoms with Crippen molar-refractivity contribution in [2.24, 2.45) is 0 Å². The third-order valence-electron chi connectivity index (χ3n) is 2.42. The van der Waals surface area contributed by atoms with Crippen molar-refractivity contribution in [3.8, 4) is 0 Å². The van der Waals surface area contributed by atoms with Gasteiger partial charge in [-0.05, 0) is 19.1 Å². The zero-order valence-corrected chi connectivity index (χ0v) is 9.68. The van der Waals surface area contributed by atoms with Gasteiger partial charge in [-0.1, -0.05) is 17.7 Å². The van der Waals surface area contributed by atoms with Crippen LogP contribution in [0.5, 0.6) is 0 Å². The molecule has 2 rings (SSSR count). The summed E-state index contributed by atoms with van der Waals surface area (Å²) in [6.45, 7) is 2.30. The molecule has 1 heterocycles. The van der Waals surface area contributed by atoms with Crippen molar-refractivity contribution in [2.75, 3.05) is 6.61 Å². The molecule has 1 saturated heterocycles. The van der Waals surface area contributed by atoms with Crippen molar-refractivity contribution in [1.29, 1.82) is 0 Å². The lowest BCUT2D eigenvalue weighted by atomic mass is 10.1. The summed E-state index contributed by atoms with van der Waals surface area (Å²) in [6.07, 6.45) is -5.13. The molecule has 0 radical (unpaired) electrons. The van der Waals surface area contributed by atoms with Gasteiger partial charge in [-0.15, -0.1) is 0 Å². The van der Waals surface area contributed by atoms with E-state index in [0.29, 0.717) is 12.2 Å². The summed E-state index contributed by atoms with van der Waals surface area (Å²) in [4.78, 5) is 0. The molecule has 2 nitrogen and oxygen atoms in total. The van der Waals surface area contributed by atoms with Crippen molar-refractivity contribution >= 4 is 11.6 Å². The minimum atomic E-state index is -4.38. The molecular formula is C11H10ClF3O2. The number of halogens is 4.